The molecule has 0 N–H and O–H groups in total. The first kappa shape index (κ1) is 22.4. The van der Waals surface area contributed by atoms with Crippen LogP contribution >= 0.6 is 0 Å². The lowest BCUT2D eigenvalue weighted by molar-refractivity contribution is 1.11. The average molecular weight is 585 g/mol. The number of nitrogens with zero attached hydrogens (tertiary/aromatic N) is 3. The highest BCUT2D eigenvalue weighted by Crippen LogP contribution is 2.48. The molecule has 0 saturated heterocycles. The van der Waals surface area contributed by atoms with Gasteiger partial charge in [-0.1, -0.05) is 123 Å². The van der Waals surface area contributed by atoms with Crippen molar-refractivity contribution in [2.75, 3.05) is 0 Å². The highest BCUT2D eigenvalue weighted by atomic mass is 28.3. The van der Waals surface area contributed by atoms with E-state index < -0.39 is 14.5 Å². The zero-order chi connectivity index (χ0) is 32.1. The third-order valence-electron chi connectivity index (χ3n) is 9.11. The van der Waals surface area contributed by atoms with Crippen LogP contribution in [-0.2, 0) is 0 Å². The minimum atomic E-state index is -2.86. The summed E-state index contributed by atoms with van der Waals surface area (Å²) >= 11 is 0. The van der Waals surface area contributed by atoms with Gasteiger partial charge < -0.3 is 0 Å². The Labute approximate surface area is 261 Å². The Morgan fingerprint density at radius 3 is 1.61 bits per heavy atom. The van der Waals surface area contributed by atoms with E-state index in [0.717, 1.165) is 44.3 Å². The van der Waals surface area contributed by atoms with Crippen LogP contribution in [0.1, 0.15) is 4.11 Å². The summed E-state index contributed by atoms with van der Waals surface area (Å²) in [6.07, 6.45) is 0. The van der Waals surface area contributed by atoms with E-state index in [4.69, 9.17) is 9.10 Å². The van der Waals surface area contributed by atoms with Crippen molar-refractivity contribution in [3.8, 4) is 50.2 Å². The first-order valence-corrected chi connectivity index (χ1v) is 18.1. The minimum absolute atomic E-state index is 0.772. The van der Waals surface area contributed by atoms with Crippen LogP contribution in [0.4, 0.5) is 0 Å². The third-order valence-corrected chi connectivity index (χ3v) is 10.9. The predicted molar refractivity (Wildman–Crippen MR) is 188 cm³/mol. The molecule has 6 aromatic carbocycles. The number of imidazole rings is 2. The summed E-state index contributed by atoms with van der Waals surface area (Å²) in [5, 5.41) is 0.858. The molecule has 0 spiro atoms. The van der Waals surface area contributed by atoms with Crippen LogP contribution in [-0.4, -0.2) is 22.0 Å². The molecule has 44 heavy (non-hydrogen) atoms. The molecular formula is C40H31N3Si. The molecule has 0 aliphatic heterocycles. The van der Waals surface area contributed by atoms with Crippen molar-refractivity contribution in [2.24, 2.45) is 0 Å². The van der Waals surface area contributed by atoms with Gasteiger partial charge in [0.15, 0.2) is 0 Å². The Kier molecular flexibility index (Phi) is 4.65. The average Bonchev–Trinajstić information content (AvgIpc) is 3.62. The fraction of sp³-hybridized carbons (Fsp3) is 0.0750. The Morgan fingerprint density at radius 1 is 0.523 bits per heavy atom. The second-order valence-electron chi connectivity index (χ2n) is 12.2. The molecule has 0 bridgehead atoms. The maximum absolute atomic E-state index is 8.39. The maximum Gasteiger partial charge on any atom is 0.220 e. The standard InChI is InChI=1S/C40H31N3Si/c1-44(2,3)38-22-12-21-37-39(38)41-40-42(35-19-10-11-20-36(35)43(37)40)26-23-24-33-31-17-7-6-15-29(31)27-13-4-5-14-28(27)30-16-8-9-18-32(30)34(33)25-26/h4-25H,1-3H3/i1D3. The van der Waals surface area contributed by atoms with Gasteiger partial charge in [0, 0.05) is 9.80 Å². The summed E-state index contributed by atoms with van der Waals surface area (Å²) in [4.78, 5) is 5.27. The van der Waals surface area contributed by atoms with Gasteiger partial charge in [-0.2, -0.15) is 0 Å². The van der Waals surface area contributed by atoms with E-state index in [0.29, 0.717) is 0 Å². The van der Waals surface area contributed by atoms with E-state index in [1.165, 1.54) is 38.9 Å². The molecular weight excluding hydrogens is 551 g/mol. The smallest absolute Gasteiger partial charge is 0.220 e. The molecule has 2 heterocycles. The number of hydrogen-bond acceptors (Lipinski definition) is 1. The Balaban J connectivity index is 1.37. The molecule has 2 aromatic heterocycles. The largest absolute Gasteiger partial charge is 0.278 e. The summed E-state index contributed by atoms with van der Waals surface area (Å²) < 4.78 is 29.6. The molecule has 0 fully saturated rings. The number of fused-ring (bicyclic) bond motifs is 13. The molecule has 0 saturated carbocycles. The number of aromatic nitrogens is 3. The van der Waals surface area contributed by atoms with Crippen LogP contribution in [0.25, 0.3) is 78.0 Å². The summed E-state index contributed by atoms with van der Waals surface area (Å²) in [7, 11) is -2.86. The van der Waals surface area contributed by atoms with Gasteiger partial charge in [0.25, 0.3) is 0 Å². The van der Waals surface area contributed by atoms with Crippen molar-refractivity contribution >= 4 is 41.1 Å². The zero-order valence-corrected chi connectivity index (χ0v) is 25.5. The van der Waals surface area contributed by atoms with Gasteiger partial charge in [0.05, 0.1) is 30.1 Å². The summed E-state index contributed by atoms with van der Waals surface area (Å²) in [6, 6.07) is 47.2. The van der Waals surface area contributed by atoms with Gasteiger partial charge in [-0.25, -0.2) is 4.98 Å². The lowest BCUT2D eigenvalue weighted by atomic mass is 9.81. The van der Waals surface area contributed by atoms with Gasteiger partial charge in [0.1, 0.15) is 0 Å². The molecule has 0 radical (unpaired) electrons. The maximum atomic E-state index is 8.39. The lowest BCUT2D eigenvalue weighted by Crippen LogP contribution is -2.38. The third kappa shape index (κ3) is 3.52. The van der Waals surface area contributed by atoms with Crippen LogP contribution in [0, 0.1) is 0 Å². The number of benzene rings is 6. The monoisotopic (exact) mass is 584 g/mol. The van der Waals surface area contributed by atoms with Crippen molar-refractivity contribution in [2.45, 2.75) is 19.6 Å². The highest BCUT2D eigenvalue weighted by molar-refractivity contribution is 6.90. The van der Waals surface area contributed by atoms with Crippen molar-refractivity contribution in [1.82, 2.24) is 14.0 Å². The molecule has 0 amide bonds. The molecule has 4 heteroatoms. The number of hydrogen-bond donors (Lipinski definition) is 0. The molecule has 8 aromatic rings. The van der Waals surface area contributed by atoms with E-state index in [1.807, 2.05) is 31.3 Å². The van der Waals surface area contributed by atoms with Crippen molar-refractivity contribution < 1.29 is 4.11 Å². The topological polar surface area (TPSA) is 22.2 Å². The van der Waals surface area contributed by atoms with E-state index in [1.54, 1.807) is 0 Å². The lowest BCUT2D eigenvalue weighted by Gasteiger charge is -2.23. The minimum Gasteiger partial charge on any atom is -0.278 e. The Hall–Kier alpha value is -5.19. The van der Waals surface area contributed by atoms with Gasteiger partial charge in [-0.3, -0.25) is 8.97 Å². The van der Waals surface area contributed by atoms with E-state index in [-0.39, 0.29) is 0 Å². The molecule has 1 aliphatic rings. The van der Waals surface area contributed by atoms with E-state index in [9.17, 15) is 0 Å². The molecule has 3 nitrogen and oxygen atoms in total. The van der Waals surface area contributed by atoms with Gasteiger partial charge in [-0.05, 0) is 80.0 Å². The Morgan fingerprint density at radius 2 is 1.02 bits per heavy atom. The molecule has 210 valence electrons. The fourth-order valence-corrected chi connectivity index (χ4v) is 8.46. The van der Waals surface area contributed by atoms with Gasteiger partial charge >= 0.3 is 0 Å². The van der Waals surface area contributed by atoms with Gasteiger partial charge in [-0.15, -0.1) is 0 Å². The predicted octanol–water partition coefficient (Wildman–Crippen LogP) is 9.96. The molecule has 9 rings (SSSR count). The fourth-order valence-electron chi connectivity index (χ4n) is 7.17. The molecule has 0 atom stereocenters. The number of para-hydroxylation sites is 3. The zero-order valence-electron chi connectivity index (χ0n) is 27.5. The first-order valence-electron chi connectivity index (χ1n) is 16.6. The molecule has 1 aliphatic carbocycles. The Bertz CT molecular complexity index is 2550. The quantitative estimate of drug-likeness (QED) is 0.185. The van der Waals surface area contributed by atoms with Crippen LogP contribution in [0.3, 0.4) is 0 Å². The van der Waals surface area contributed by atoms with Crippen molar-refractivity contribution in [3.05, 3.63) is 133 Å². The van der Waals surface area contributed by atoms with Crippen molar-refractivity contribution in [1.29, 1.82) is 0 Å². The van der Waals surface area contributed by atoms with Crippen molar-refractivity contribution in [3.63, 3.8) is 0 Å². The summed E-state index contributed by atoms with van der Waals surface area (Å²) in [5.74, 6) is 0.772. The normalized spacial score (nSPS) is 13.7. The van der Waals surface area contributed by atoms with E-state index in [2.05, 4.69) is 124 Å². The number of rotatable bonds is 2. The van der Waals surface area contributed by atoms with Crippen LogP contribution in [0.2, 0.25) is 19.6 Å². The molecule has 0 unspecified atom stereocenters. The summed E-state index contributed by atoms with van der Waals surface area (Å²) in [5.41, 5.74) is 14.4. The second-order valence-corrected chi connectivity index (χ2v) is 16.0. The SMILES string of the molecule is [2H]C([2H])([2H])[Si](C)(C)c1cccc2c1nc1n(-c3ccc4c(c3)-c3ccccc3-c3ccccc3-c3ccccc3-4)c3ccccc3n21. The second kappa shape index (κ2) is 9.15. The highest BCUT2D eigenvalue weighted by Gasteiger charge is 2.26. The van der Waals surface area contributed by atoms with Gasteiger partial charge in [0.2, 0.25) is 5.78 Å². The van der Waals surface area contributed by atoms with E-state index >= 15 is 0 Å². The first-order chi connectivity index (χ1) is 22.7. The van der Waals surface area contributed by atoms with Crippen LogP contribution in [0.5, 0.6) is 0 Å². The van der Waals surface area contributed by atoms with Crippen LogP contribution < -0.4 is 5.19 Å². The van der Waals surface area contributed by atoms with Crippen LogP contribution in [0.15, 0.2) is 133 Å². The summed E-state index contributed by atoms with van der Waals surface area (Å²) in [6.45, 7) is 1.80.